The fourth-order valence-electron chi connectivity index (χ4n) is 3.81. The number of rotatable bonds is 7. The zero-order valence-corrected chi connectivity index (χ0v) is 19.2. The third-order valence-corrected chi connectivity index (χ3v) is 6.32. The number of sulfonamides is 1. The first kappa shape index (κ1) is 22.5. The van der Waals surface area contributed by atoms with E-state index in [0.717, 1.165) is 5.56 Å². The fraction of sp³-hybridized carbons (Fsp3) is 0.0385. The van der Waals surface area contributed by atoms with Crippen LogP contribution in [0, 0.1) is 0 Å². The van der Waals surface area contributed by atoms with Crippen LogP contribution in [0.1, 0.15) is 16.9 Å². The van der Waals surface area contributed by atoms with Crippen LogP contribution in [0.5, 0.6) is 11.5 Å². The van der Waals surface area contributed by atoms with E-state index in [4.69, 9.17) is 14.3 Å². The quantitative estimate of drug-likeness (QED) is 0.321. The second kappa shape index (κ2) is 9.13. The molecule has 3 aromatic carbocycles. The Kier molecular flexibility index (Phi) is 5.86. The van der Waals surface area contributed by atoms with Gasteiger partial charge in [0.05, 0.1) is 18.5 Å². The van der Waals surface area contributed by atoms with E-state index in [1.54, 1.807) is 60.9 Å². The van der Waals surface area contributed by atoms with E-state index in [0.29, 0.717) is 34.0 Å². The lowest BCUT2D eigenvalue weighted by Gasteiger charge is -2.17. The Morgan fingerprint density at radius 2 is 1.77 bits per heavy atom. The molecule has 1 amide bonds. The van der Waals surface area contributed by atoms with Crippen molar-refractivity contribution in [1.82, 2.24) is 0 Å². The minimum absolute atomic E-state index is 0.0451. The molecule has 8 nitrogen and oxygen atoms in total. The lowest BCUT2D eigenvalue weighted by molar-refractivity contribution is -0.110. The van der Waals surface area contributed by atoms with Crippen molar-refractivity contribution in [3.63, 3.8) is 0 Å². The molecule has 0 fully saturated rings. The zero-order valence-electron chi connectivity index (χ0n) is 18.4. The highest BCUT2D eigenvalue weighted by atomic mass is 32.2. The molecule has 0 saturated carbocycles. The second-order valence-electron chi connectivity index (χ2n) is 7.85. The van der Waals surface area contributed by atoms with E-state index in [1.165, 1.54) is 6.07 Å². The van der Waals surface area contributed by atoms with Gasteiger partial charge in [0.1, 0.15) is 16.4 Å². The average Bonchev–Trinajstić information content (AvgIpc) is 3.46. The Labute approximate surface area is 202 Å². The first-order valence-corrected chi connectivity index (χ1v) is 12.3. The molecule has 35 heavy (non-hydrogen) atoms. The standard InChI is InChI=1S/C26H21N3O5S/c27-35(31,32)24-15-17(13-21-20-10-4-5-11-22(20)29-26(21)30)14-23(28-16-19-9-6-12-33-19)25(24)34-18-7-2-1-3-8-18/h1-15,28H,16H2,(H,29,30)(H2,27,31,32)/b21-13-. The zero-order chi connectivity index (χ0) is 24.4. The fourth-order valence-corrected chi connectivity index (χ4v) is 4.52. The summed E-state index contributed by atoms with van der Waals surface area (Å²) >= 11 is 0. The van der Waals surface area contributed by atoms with Crippen LogP contribution in [0.4, 0.5) is 11.4 Å². The number of primary sulfonamides is 1. The number of nitrogens with one attached hydrogen (secondary N) is 2. The van der Waals surface area contributed by atoms with E-state index in [-0.39, 0.29) is 23.1 Å². The molecule has 2 heterocycles. The number of para-hydroxylation sites is 2. The van der Waals surface area contributed by atoms with Gasteiger partial charge in [-0.05, 0) is 54.1 Å². The molecule has 1 aliphatic rings. The van der Waals surface area contributed by atoms with E-state index in [9.17, 15) is 13.2 Å². The smallest absolute Gasteiger partial charge is 0.256 e. The van der Waals surface area contributed by atoms with Gasteiger partial charge in [-0.2, -0.15) is 0 Å². The topological polar surface area (TPSA) is 124 Å². The SMILES string of the molecule is NS(=O)(=O)c1cc(/C=C2\C(=O)Nc3ccccc32)cc(NCc2ccco2)c1Oc1ccccc1. The number of furan rings is 1. The number of benzene rings is 3. The molecule has 4 aromatic rings. The Hall–Kier alpha value is -4.34. The van der Waals surface area contributed by atoms with Gasteiger partial charge in [0, 0.05) is 16.8 Å². The van der Waals surface area contributed by atoms with Crippen molar-refractivity contribution < 1.29 is 22.4 Å². The van der Waals surface area contributed by atoms with E-state index < -0.39 is 10.0 Å². The van der Waals surface area contributed by atoms with Crippen molar-refractivity contribution in [2.24, 2.45) is 5.14 Å². The second-order valence-corrected chi connectivity index (χ2v) is 9.38. The molecule has 1 aromatic heterocycles. The highest BCUT2D eigenvalue weighted by Gasteiger charge is 2.25. The molecule has 4 N–H and O–H groups in total. The predicted molar refractivity (Wildman–Crippen MR) is 133 cm³/mol. The van der Waals surface area contributed by atoms with Crippen LogP contribution < -0.4 is 20.5 Å². The summed E-state index contributed by atoms with van der Waals surface area (Å²) in [6, 6.07) is 22.7. The summed E-state index contributed by atoms with van der Waals surface area (Å²) in [4.78, 5) is 12.4. The Morgan fingerprint density at radius 3 is 2.51 bits per heavy atom. The lowest BCUT2D eigenvalue weighted by Crippen LogP contribution is -2.15. The predicted octanol–water partition coefficient (Wildman–Crippen LogP) is 4.82. The minimum Gasteiger partial charge on any atom is -0.467 e. The number of hydrogen-bond acceptors (Lipinski definition) is 6. The summed E-state index contributed by atoms with van der Waals surface area (Å²) in [6.45, 7) is 0.269. The Balaban J connectivity index is 1.64. The molecular weight excluding hydrogens is 466 g/mol. The van der Waals surface area contributed by atoms with Crippen LogP contribution in [0.25, 0.3) is 11.6 Å². The summed E-state index contributed by atoms with van der Waals surface area (Å²) in [7, 11) is -4.20. The van der Waals surface area contributed by atoms with E-state index >= 15 is 0 Å². The van der Waals surface area contributed by atoms with Gasteiger partial charge >= 0.3 is 0 Å². The number of hydrogen-bond donors (Lipinski definition) is 3. The molecular formula is C26H21N3O5S. The summed E-state index contributed by atoms with van der Waals surface area (Å²) in [5.74, 6) is 0.844. The van der Waals surface area contributed by atoms with Gasteiger partial charge in [-0.15, -0.1) is 0 Å². The molecule has 1 aliphatic heterocycles. The van der Waals surface area contributed by atoms with Crippen LogP contribution in [0.2, 0.25) is 0 Å². The first-order valence-electron chi connectivity index (χ1n) is 10.7. The number of ether oxygens (including phenoxy) is 1. The number of nitrogens with two attached hydrogens (primary N) is 1. The van der Waals surface area contributed by atoms with Crippen molar-refractivity contribution in [2.45, 2.75) is 11.4 Å². The van der Waals surface area contributed by atoms with Crippen molar-refractivity contribution >= 4 is 39.0 Å². The maximum absolute atomic E-state index is 12.6. The highest BCUT2D eigenvalue weighted by Crippen LogP contribution is 2.39. The van der Waals surface area contributed by atoms with Gasteiger partial charge in [-0.3, -0.25) is 4.79 Å². The summed E-state index contributed by atoms with van der Waals surface area (Å²) in [6.07, 6.45) is 3.17. The van der Waals surface area contributed by atoms with Crippen LogP contribution in [0.3, 0.4) is 0 Å². The Morgan fingerprint density at radius 1 is 1.00 bits per heavy atom. The number of anilines is 2. The molecule has 0 radical (unpaired) electrons. The summed E-state index contributed by atoms with van der Waals surface area (Å²) in [5.41, 5.74) is 2.66. The number of carbonyl (C=O) groups excluding carboxylic acids is 1. The van der Waals surface area contributed by atoms with Crippen LogP contribution in [-0.2, 0) is 21.4 Å². The molecule has 0 atom stereocenters. The van der Waals surface area contributed by atoms with Crippen molar-refractivity contribution in [1.29, 1.82) is 0 Å². The van der Waals surface area contributed by atoms with Gasteiger partial charge in [0.2, 0.25) is 10.0 Å². The van der Waals surface area contributed by atoms with Gasteiger partial charge in [-0.25, -0.2) is 13.6 Å². The lowest BCUT2D eigenvalue weighted by atomic mass is 10.0. The van der Waals surface area contributed by atoms with Crippen molar-refractivity contribution in [3.05, 3.63) is 102 Å². The van der Waals surface area contributed by atoms with Gasteiger partial charge in [-0.1, -0.05) is 36.4 Å². The first-order chi connectivity index (χ1) is 16.9. The molecule has 0 aliphatic carbocycles. The van der Waals surface area contributed by atoms with Crippen molar-refractivity contribution in [2.75, 3.05) is 10.6 Å². The molecule has 0 spiro atoms. The van der Waals surface area contributed by atoms with Gasteiger partial charge in [0.15, 0.2) is 5.75 Å². The van der Waals surface area contributed by atoms with E-state index in [2.05, 4.69) is 10.6 Å². The van der Waals surface area contributed by atoms with Crippen LogP contribution in [-0.4, -0.2) is 14.3 Å². The maximum Gasteiger partial charge on any atom is 0.256 e. The third-order valence-electron chi connectivity index (χ3n) is 5.40. The monoisotopic (exact) mass is 487 g/mol. The summed E-state index contributed by atoms with van der Waals surface area (Å²) in [5, 5.41) is 11.6. The maximum atomic E-state index is 12.6. The molecule has 5 rings (SSSR count). The van der Waals surface area contributed by atoms with Crippen LogP contribution in [0.15, 0.2) is 94.4 Å². The number of carbonyl (C=O) groups is 1. The summed E-state index contributed by atoms with van der Waals surface area (Å²) < 4.78 is 36.6. The normalized spacial score (nSPS) is 14.0. The molecule has 0 unspecified atom stereocenters. The molecule has 0 bridgehead atoms. The van der Waals surface area contributed by atoms with Crippen LogP contribution >= 0.6 is 0 Å². The van der Waals surface area contributed by atoms with E-state index in [1.807, 2.05) is 24.3 Å². The third kappa shape index (κ3) is 4.81. The number of fused-ring (bicyclic) bond motifs is 1. The largest absolute Gasteiger partial charge is 0.467 e. The Bertz CT molecular complexity index is 1530. The minimum atomic E-state index is -4.20. The molecule has 9 heteroatoms. The molecule has 176 valence electrons. The van der Waals surface area contributed by atoms with Gasteiger partial charge in [0.25, 0.3) is 5.91 Å². The van der Waals surface area contributed by atoms with Crippen molar-refractivity contribution in [3.8, 4) is 11.5 Å². The van der Waals surface area contributed by atoms with Gasteiger partial charge < -0.3 is 19.8 Å². The highest BCUT2D eigenvalue weighted by molar-refractivity contribution is 7.89. The molecule has 0 saturated heterocycles. The average molecular weight is 488 g/mol. The number of amides is 1.